The molecule has 0 saturated carbocycles. The molecular formula is C38H45NO15. The van der Waals surface area contributed by atoms with E-state index in [0.717, 1.165) is 33.3 Å². The largest absolute Gasteiger partial charge is 0.497 e. The zero-order chi connectivity index (χ0) is 39.2. The normalized spacial score (nSPS) is 25.0. The van der Waals surface area contributed by atoms with Crippen LogP contribution >= 0.6 is 0 Å². The van der Waals surface area contributed by atoms with E-state index in [4.69, 9.17) is 47.5 Å². The maximum atomic E-state index is 12.9. The first-order valence-electron chi connectivity index (χ1n) is 17.2. The lowest BCUT2D eigenvalue weighted by molar-refractivity contribution is -0.308. The Morgan fingerprint density at radius 3 is 1.89 bits per heavy atom. The minimum Gasteiger partial charge on any atom is -0.497 e. The second kappa shape index (κ2) is 20.1. The third-order valence-electron chi connectivity index (χ3n) is 7.98. The predicted octanol–water partition coefficient (Wildman–Crippen LogP) is 3.94. The Bertz CT molecular complexity index is 1640. The molecule has 0 radical (unpaired) electrons. The maximum Gasteiger partial charge on any atom is 0.306 e. The number of oxime groups is 1. The number of benzene rings is 2. The second-order valence-electron chi connectivity index (χ2n) is 12.3. The molecule has 2 aromatic rings. The van der Waals surface area contributed by atoms with Crippen molar-refractivity contribution in [3.05, 3.63) is 72.3 Å². The average Bonchev–Trinajstić information content (AvgIpc) is 3.14. The van der Waals surface area contributed by atoms with E-state index in [2.05, 4.69) is 5.16 Å². The lowest BCUT2D eigenvalue weighted by Crippen LogP contribution is -2.62. The van der Waals surface area contributed by atoms with Gasteiger partial charge in [-0.2, -0.15) is 0 Å². The zero-order valence-corrected chi connectivity index (χ0v) is 30.9. The van der Waals surface area contributed by atoms with Crippen molar-refractivity contribution in [2.75, 3.05) is 20.3 Å². The fraction of sp³-hybridized carbons (Fsp3) is 0.474. The fourth-order valence-corrected chi connectivity index (χ4v) is 5.53. The van der Waals surface area contributed by atoms with Crippen LogP contribution in [0, 0.1) is 0 Å². The highest BCUT2D eigenvalue weighted by atomic mass is 16.8. The van der Waals surface area contributed by atoms with Crippen LogP contribution in [0.15, 0.2) is 71.9 Å². The number of hydrogen-bond acceptors (Lipinski definition) is 16. The number of hydrogen-bond donors (Lipinski definition) is 0. The summed E-state index contributed by atoms with van der Waals surface area (Å²) >= 11 is 0. The molecule has 0 amide bonds. The van der Waals surface area contributed by atoms with Gasteiger partial charge in [0, 0.05) is 27.7 Å². The van der Waals surface area contributed by atoms with Gasteiger partial charge in [-0.15, -0.1) is 0 Å². The molecule has 2 aromatic carbocycles. The molecule has 2 aliphatic rings. The third-order valence-corrected chi connectivity index (χ3v) is 7.98. The van der Waals surface area contributed by atoms with Crippen LogP contribution in [-0.4, -0.2) is 98.8 Å². The molecular weight excluding hydrogens is 710 g/mol. The highest BCUT2D eigenvalue weighted by Gasteiger charge is 2.53. The molecule has 0 aliphatic carbocycles. The third kappa shape index (κ3) is 12.6. The van der Waals surface area contributed by atoms with E-state index in [0.29, 0.717) is 17.2 Å². The van der Waals surface area contributed by atoms with Crippen LogP contribution in [0.25, 0.3) is 0 Å². The Morgan fingerprint density at radius 2 is 1.26 bits per heavy atom. The molecule has 16 heteroatoms. The molecule has 2 heterocycles. The van der Waals surface area contributed by atoms with E-state index in [-0.39, 0.29) is 25.6 Å². The van der Waals surface area contributed by atoms with Crippen molar-refractivity contribution in [1.29, 1.82) is 0 Å². The summed E-state index contributed by atoms with van der Waals surface area (Å²) in [6, 6.07) is 16.7. The molecule has 292 valence electrons. The van der Waals surface area contributed by atoms with Crippen molar-refractivity contribution in [3.63, 3.8) is 0 Å². The highest BCUT2D eigenvalue weighted by Crippen LogP contribution is 2.31. The summed E-state index contributed by atoms with van der Waals surface area (Å²) in [5.74, 6) is -2.30. The van der Waals surface area contributed by atoms with Crippen molar-refractivity contribution >= 4 is 35.6 Å². The lowest BCUT2D eigenvalue weighted by Gasteiger charge is -2.43. The molecule has 0 bridgehead atoms. The number of ether oxygens (including phenoxy) is 9. The minimum absolute atomic E-state index is 0.0912. The van der Waals surface area contributed by atoms with Crippen LogP contribution in [0.4, 0.5) is 0 Å². The molecule has 1 saturated heterocycles. The number of rotatable bonds is 16. The average molecular weight is 756 g/mol. The summed E-state index contributed by atoms with van der Waals surface area (Å²) in [5, 5.41) is 4.05. The Balaban J connectivity index is 1.41. The number of esters is 5. The first-order chi connectivity index (χ1) is 25.8. The van der Waals surface area contributed by atoms with Gasteiger partial charge in [0.2, 0.25) is 6.10 Å². The van der Waals surface area contributed by atoms with Crippen molar-refractivity contribution in [1.82, 2.24) is 0 Å². The molecule has 0 spiro atoms. The van der Waals surface area contributed by atoms with E-state index in [1.807, 2.05) is 42.5 Å². The van der Waals surface area contributed by atoms with Crippen molar-refractivity contribution in [2.24, 2.45) is 5.16 Å². The lowest BCUT2D eigenvalue weighted by atomic mass is 9.98. The van der Waals surface area contributed by atoms with Crippen LogP contribution in [-0.2, 0) is 62.0 Å². The van der Waals surface area contributed by atoms with Gasteiger partial charge in [-0.3, -0.25) is 24.0 Å². The number of carbonyl (C=O) groups excluding carboxylic acids is 5. The molecule has 54 heavy (non-hydrogen) atoms. The summed E-state index contributed by atoms with van der Waals surface area (Å²) < 4.78 is 50.4. The summed E-state index contributed by atoms with van der Waals surface area (Å²) in [4.78, 5) is 66.2. The van der Waals surface area contributed by atoms with E-state index in [1.54, 1.807) is 38.3 Å². The van der Waals surface area contributed by atoms with Gasteiger partial charge in [-0.1, -0.05) is 41.6 Å². The van der Waals surface area contributed by atoms with Gasteiger partial charge in [-0.25, -0.2) is 0 Å². The van der Waals surface area contributed by atoms with Gasteiger partial charge in [0.15, 0.2) is 12.2 Å². The van der Waals surface area contributed by atoms with Gasteiger partial charge >= 0.3 is 29.8 Å². The topological polar surface area (TPSA) is 190 Å². The standard InChI is InChI=1S/C38H45NO15/c1-22(39-54-38-37(50-26(5)43)36(49-25(4)42)35(48-24(3)41)33(53-38)21-46-23(2)40)12-19-34(44)47-20-32-31(51-29-15-13-28(45-6)14-16-29)18-17-30(52-32)27-10-8-7-9-11-27/h7-11,13-18,30-33,35-38H,12,19-21H2,1-6H3/b39-22+/t30-,31-,32+,33+,35+,36-,37+,38-/m0/s1. The van der Waals surface area contributed by atoms with Crippen LogP contribution in [0.3, 0.4) is 0 Å². The molecule has 0 unspecified atom stereocenters. The van der Waals surface area contributed by atoms with E-state index >= 15 is 0 Å². The molecule has 2 aliphatic heterocycles. The zero-order valence-electron chi connectivity index (χ0n) is 30.9. The molecule has 0 aromatic heterocycles. The summed E-state index contributed by atoms with van der Waals surface area (Å²) in [6.07, 6.45) is -4.75. The number of methoxy groups -OCH3 is 1. The molecule has 8 atom stereocenters. The SMILES string of the molecule is COc1ccc(O[C@H]2C=C[C@@H](c3ccccc3)O[C@@H]2COC(=O)CC/C(C)=N/O[C@@H]2O[C@H](COC(C)=O)[C@@H](OC(C)=O)[C@H](OC(C)=O)[C@H]2OC(C)=O)cc1. The Morgan fingerprint density at radius 1 is 0.648 bits per heavy atom. The quantitative estimate of drug-likeness (QED) is 0.0787. The first kappa shape index (κ1) is 41.3. The van der Waals surface area contributed by atoms with Gasteiger partial charge in [-0.05, 0) is 49.2 Å². The Labute approximate surface area is 312 Å². The van der Waals surface area contributed by atoms with E-state index < -0.39 is 79.4 Å². The summed E-state index contributed by atoms with van der Waals surface area (Å²) in [7, 11) is 1.57. The molecule has 4 rings (SSSR count). The summed E-state index contributed by atoms with van der Waals surface area (Å²) in [6.45, 7) is 5.54. The van der Waals surface area contributed by atoms with Crippen molar-refractivity contribution in [3.8, 4) is 11.5 Å². The maximum absolute atomic E-state index is 12.9. The summed E-state index contributed by atoms with van der Waals surface area (Å²) in [5.41, 5.74) is 1.25. The first-order valence-corrected chi connectivity index (χ1v) is 17.2. The van der Waals surface area contributed by atoms with Crippen LogP contribution in [0.5, 0.6) is 11.5 Å². The van der Waals surface area contributed by atoms with Gasteiger partial charge in [0.05, 0.1) is 19.2 Å². The Kier molecular flexibility index (Phi) is 15.4. The van der Waals surface area contributed by atoms with Gasteiger partial charge in [0.25, 0.3) is 6.29 Å². The predicted molar refractivity (Wildman–Crippen MR) is 187 cm³/mol. The second-order valence-corrected chi connectivity index (χ2v) is 12.3. The minimum atomic E-state index is -1.51. The molecule has 1 fully saturated rings. The van der Waals surface area contributed by atoms with Crippen molar-refractivity contribution < 1.29 is 71.4 Å². The molecule has 0 N–H and O–H groups in total. The highest BCUT2D eigenvalue weighted by molar-refractivity contribution is 5.85. The van der Waals surface area contributed by atoms with Gasteiger partial charge in [0.1, 0.15) is 49.1 Å². The van der Waals surface area contributed by atoms with E-state index in [1.165, 1.54) is 0 Å². The Hall–Kier alpha value is -5.48. The monoisotopic (exact) mass is 755 g/mol. The number of nitrogens with zero attached hydrogens (tertiary/aromatic N) is 1. The van der Waals surface area contributed by atoms with Crippen molar-refractivity contribution in [2.45, 2.75) is 96.5 Å². The van der Waals surface area contributed by atoms with Crippen LogP contribution < -0.4 is 9.47 Å². The van der Waals surface area contributed by atoms with Crippen LogP contribution in [0.1, 0.15) is 59.1 Å². The fourth-order valence-electron chi connectivity index (χ4n) is 5.53. The van der Waals surface area contributed by atoms with Crippen LogP contribution in [0.2, 0.25) is 0 Å². The smallest absolute Gasteiger partial charge is 0.306 e. The van der Waals surface area contributed by atoms with E-state index in [9.17, 15) is 24.0 Å². The van der Waals surface area contributed by atoms with Gasteiger partial charge < -0.3 is 47.5 Å². The number of carbonyl (C=O) groups is 5. The molecule has 16 nitrogen and oxygen atoms in total.